The summed E-state index contributed by atoms with van der Waals surface area (Å²) < 4.78 is 0. The molecular formula is C10H13N2O. The van der Waals surface area contributed by atoms with Crippen LogP contribution < -0.4 is 5.43 Å². The average molecular weight is 177 g/mol. The lowest BCUT2D eigenvalue weighted by molar-refractivity contribution is -0.117. The minimum absolute atomic E-state index is 0.0551. The number of rotatable bonds is 0. The highest BCUT2D eigenvalue weighted by molar-refractivity contribution is 6.25. The van der Waals surface area contributed by atoms with Gasteiger partial charge in [0, 0.05) is 6.42 Å². The van der Waals surface area contributed by atoms with Crippen LogP contribution in [-0.4, -0.2) is 11.5 Å². The minimum atomic E-state index is 0.0551. The molecule has 0 spiro atoms. The van der Waals surface area contributed by atoms with Gasteiger partial charge in [-0.05, 0) is 18.8 Å². The van der Waals surface area contributed by atoms with Gasteiger partial charge < -0.3 is 0 Å². The maximum atomic E-state index is 11.7. The molecule has 1 aliphatic heterocycles. The van der Waals surface area contributed by atoms with Crippen molar-refractivity contribution in [1.82, 2.24) is 5.43 Å². The lowest BCUT2D eigenvalue weighted by Crippen LogP contribution is -2.30. The summed E-state index contributed by atoms with van der Waals surface area (Å²) >= 11 is 0. The molecule has 1 fully saturated rings. The normalized spacial score (nSPS) is 25.5. The molecule has 3 nitrogen and oxygen atoms in total. The predicted molar refractivity (Wildman–Crippen MR) is 50.3 cm³/mol. The molecule has 1 aliphatic carbocycles. The van der Waals surface area contributed by atoms with E-state index in [4.69, 9.17) is 0 Å². The minimum Gasteiger partial charge on any atom is -0.294 e. The van der Waals surface area contributed by atoms with E-state index in [1.54, 1.807) is 0 Å². The highest BCUT2D eigenvalue weighted by atomic mass is 16.1. The van der Waals surface area contributed by atoms with Crippen molar-refractivity contribution in [2.75, 3.05) is 0 Å². The van der Waals surface area contributed by atoms with Crippen molar-refractivity contribution in [1.29, 1.82) is 0 Å². The summed E-state index contributed by atoms with van der Waals surface area (Å²) in [7, 11) is 0. The van der Waals surface area contributed by atoms with E-state index in [-0.39, 0.29) is 11.2 Å². The zero-order chi connectivity index (χ0) is 9.64. The third kappa shape index (κ3) is 1.28. The average Bonchev–Trinajstić information content (AvgIpc) is 2.28. The molecule has 0 atom stereocenters. The summed E-state index contributed by atoms with van der Waals surface area (Å²) in [6.07, 6.45) is 1.49. The summed E-state index contributed by atoms with van der Waals surface area (Å²) in [5.41, 5.74) is 6.45. The smallest absolute Gasteiger partial charge is 0.167 e. The number of allylic oxidation sites excluding steroid dienone is 2. The highest BCUT2D eigenvalue weighted by Crippen LogP contribution is 2.36. The number of hydrogen-bond donors (Lipinski definition) is 0. The van der Waals surface area contributed by atoms with E-state index in [2.05, 4.69) is 24.4 Å². The van der Waals surface area contributed by atoms with Crippen LogP contribution in [0.25, 0.3) is 0 Å². The number of carbonyl (C=O) groups excluding carboxylic acids is 1. The summed E-state index contributed by atoms with van der Waals surface area (Å²) in [6.45, 7) is 6.04. The molecule has 0 amide bonds. The Morgan fingerprint density at radius 3 is 2.69 bits per heavy atom. The fourth-order valence-corrected chi connectivity index (χ4v) is 1.97. The van der Waals surface area contributed by atoms with E-state index in [0.29, 0.717) is 6.42 Å². The van der Waals surface area contributed by atoms with Crippen LogP contribution in [0, 0.1) is 5.41 Å². The first kappa shape index (κ1) is 8.48. The first-order valence-corrected chi connectivity index (χ1v) is 4.52. The summed E-state index contributed by atoms with van der Waals surface area (Å²) in [6, 6.07) is 0. The van der Waals surface area contributed by atoms with Crippen molar-refractivity contribution in [2.45, 2.75) is 33.6 Å². The van der Waals surface area contributed by atoms with Crippen molar-refractivity contribution < 1.29 is 4.79 Å². The largest absolute Gasteiger partial charge is 0.294 e. The second-order valence-corrected chi connectivity index (χ2v) is 4.55. The number of hydrogen-bond acceptors (Lipinski definition) is 2. The van der Waals surface area contributed by atoms with Crippen LogP contribution in [0.2, 0.25) is 0 Å². The second kappa shape index (κ2) is 2.44. The van der Waals surface area contributed by atoms with Crippen LogP contribution in [0.15, 0.2) is 16.4 Å². The topological polar surface area (TPSA) is 43.5 Å². The van der Waals surface area contributed by atoms with E-state index >= 15 is 0 Å². The molecule has 2 rings (SSSR count). The zero-order valence-corrected chi connectivity index (χ0v) is 8.22. The van der Waals surface area contributed by atoms with Crippen LogP contribution >= 0.6 is 0 Å². The van der Waals surface area contributed by atoms with Crippen LogP contribution in [0.1, 0.15) is 33.6 Å². The number of Topliss-reactive ketones (excluding diaryl/α,β-unsaturated/α-hetero) is 1. The van der Waals surface area contributed by atoms with Gasteiger partial charge in [-0.1, -0.05) is 13.8 Å². The molecule has 1 radical (unpaired) electrons. The monoisotopic (exact) mass is 177 g/mol. The Hall–Kier alpha value is -1.12. The van der Waals surface area contributed by atoms with Gasteiger partial charge >= 0.3 is 0 Å². The fourth-order valence-electron chi connectivity index (χ4n) is 1.97. The first-order valence-electron chi connectivity index (χ1n) is 4.52. The van der Waals surface area contributed by atoms with Crippen molar-refractivity contribution >= 4 is 11.5 Å². The molecule has 0 aromatic heterocycles. The van der Waals surface area contributed by atoms with E-state index < -0.39 is 0 Å². The van der Waals surface area contributed by atoms with E-state index in [1.165, 1.54) is 0 Å². The van der Waals surface area contributed by atoms with Gasteiger partial charge in [-0.2, -0.15) is 10.5 Å². The van der Waals surface area contributed by atoms with Gasteiger partial charge in [0.25, 0.3) is 0 Å². The van der Waals surface area contributed by atoms with Gasteiger partial charge in [-0.3, -0.25) is 4.79 Å². The molecule has 1 heterocycles. The van der Waals surface area contributed by atoms with Crippen LogP contribution in [-0.2, 0) is 4.79 Å². The van der Waals surface area contributed by atoms with Crippen LogP contribution in [0.3, 0.4) is 0 Å². The van der Waals surface area contributed by atoms with Gasteiger partial charge in [-0.15, -0.1) is 0 Å². The van der Waals surface area contributed by atoms with Gasteiger partial charge in [-0.25, -0.2) is 0 Å². The molecule has 1 saturated carbocycles. The van der Waals surface area contributed by atoms with Gasteiger partial charge in [0.05, 0.1) is 17.0 Å². The fraction of sp³-hybridized carbons (Fsp3) is 0.600. The standard InChI is InChI=1S/C10H13N2O/c1-6-9-7(12-11-6)4-10(2,3)5-8(9)13/h4-5H2,1-3H3. The molecule has 0 unspecified atom stereocenters. The van der Waals surface area contributed by atoms with Crippen LogP contribution in [0.5, 0.6) is 0 Å². The van der Waals surface area contributed by atoms with Gasteiger partial charge in [0.2, 0.25) is 0 Å². The van der Waals surface area contributed by atoms with E-state index in [1.807, 2.05) is 6.92 Å². The summed E-state index contributed by atoms with van der Waals surface area (Å²) in [5, 5.41) is 4.03. The Labute approximate surface area is 77.9 Å². The predicted octanol–water partition coefficient (Wildman–Crippen LogP) is 1.62. The zero-order valence-electron chi connectivity index (χ0n) is 8.22. The van der Waals surface area contributed by atoms with Gasteiger partial charge in [0.15, 0.2) is 5.78 Å². The molecule has 0 aromatic rings. The summed E-state index contributed by atoms with van der Waals surface area (Å²) in [4.78, 5) is 11.7. The van der Waals surface area contributed by atoms with Crippen molar-refractivity contribution in [3.05, 3.63) is 11.3 Å². The van der Waals surface area contributed by atoms with Crippen LogP contribution in [0.4, 0.5) is 0 Å². The third-order valence-corrected chi connectivity index (χ3v) is 2.54. The molecule has 2 aliphatic rings. The maximum Gasteiger partial charge on any atom is 0.167 e. The number of nitrogens with zero attached hydrogens (tertiary/aromatic N) is 2. The van der Waals surface area contributed by atoms with E-state index in [9.17, 15) is 4.79 Å². The Morgan fingerprint density at radius 2 is 2.00 bits per heavy atom. The lowest BCUT2D eigenvalue weighted by atomic mass is 9.73. The quantitative estimate of drug-likeness (QED) is 0.554. The van der Waals surface area contributed by atoms with Crippen molar-refractivity contribution in [3.63, 3.8) is 0 Å². The Kier molecular flexibility index (Phi) is 1.59. The maximum absolute atomic E-state index is 11.7. The van der Waals surface area contributed by atoms with Crippen molar-refractivity contribution in [3.8, 4) is 0 Å². The molecule has 0 N–H and O–H groups in total. The number of carbonyl (C=O) groups is 1. The molecule has 0 bridgehead atoms. The Balaban J connectivity index is 2.39. The molecule has 13 heavy (non-hydrogen) atoms. The SMILES string of the molecule is CC1=C2C(=O)CC(C)(C)CC2=N[N]1. The second-order valence-electron chi connectivity index (χ2n) is 4.55. The number of fused-ring (bicyclic) bond motifs is 1. The molecule has 3 heteroatoms. The molecule has 0 saturated heterocycles. The molecule has 69 valence electrons. The first-order chi connectivity index (χ1) is 5.99. The Bertz CT molecular complexity index is 337. The van der Waals surface area contributed by atoms with E-state index in [0.717, 1.165) is 23.4 Å². The number of ketones is 1. The highest BCUT2D eigenvalue weighted by Gasteiger charge is 2.37. The third-order valence-electron chi connectivity index (χ3n) is 2.54. The molecular weight excluding hydrogens is 164 g/mol. The van der Waals surface area contributed by atoms with Crippen molar-refractivity contribution in [2.24, 2.45) is 10.5 Å². The lowest BCUT2D eigenvalue weighted by Gasteiger charge is -2.28. The summed E-state index contributed by atoms with van der Waals surface area (Å²) in [5.74, 6) is 0.203. The van der Waals surface area contributed by atoms with Gasteiger partial charge in [0.1, 0.15) is 0 Å². The Morgan fingerprint density at radius 1 is 1.31 bits per heavy atom. The molecule has 0 aromatic carbocycles.